The first kappa shape index (κ1) is 18.7. The smallest absolute Gasteiger partial charge is 0.171 e. The van der Waals surface area contributed by atoms with Crippen molar-refractivity contribution in [2.45, 2.75) is 40.2 Å². The lowest BCUT2D eigenvalue weighted by atomic mass is 9.99. The van der Waals surface area contributed by atoms with E-state index >= 15 is 0 Å². The van der Waals surface area contributed by atoms with Gasteiger partial charge in [-0.1, -0.05) is 36.8 Å². The summed E-state index contributed by atoms with van der Waals surface area (Å²) < 4.78 is 0. The van der Waals surface area contributed by atoms with Gasteiger partial charge in [-0.05, 0) is 74.2 Å². The molecule has 0 aromatic heterocycles. The molecule has 0 spiro atoms. The van der Waals surface area contributed by atoms with Gasteiger partial charge in [-0.15, -0.1) is 0 Å². The molecular formula is C22H29N3S. The molecule has 1 aliphatic heterocycles. The molecule has 1 saturated heterocycles. The van der Waals surface area contributed by atoms with Crippen LogP contribution in [0.2, 0.25) is 0 Å². The molecule has 0 amide bonds. The molecule has 0 aliphatic carbocycles. The van der Waals surface area contributed by atoms with E-state index in [1.807, 2.05) is 0 Å². The van der Waals surface area contributed by atoms with Crippen molar-refractivity contribution >= 4 is 28.7 Å². The van der Waals surface area contributed by atoms with Crippen LogP contribution in [0.15, 0.2) is 42.5 Å². The molecule has 138 valence electrons. The minimum Gasteiger partial charge on any atom is -0.371 e. The molecule has 3 nitrogen and oxygen atoms in total. The van der Waals surface area contributed by atoms with Crippen molar-refractivity contribution in [3.05, 3.63) is 59.2 Å². The summed E-state index contributed by atoms with van der Waals surface area (Å²) >= 11 is 5.44. The van der Waals surface area contributed by atoms with Crippen molar-refractivity contribution in [2.75, 3.05) is 23.3 Å². The molecule has 0 unspecified atom stereocenters. The molecule has 1 heterocycles. The van der Waals surface area contributed by atoms with Gasteiger partial charge < -0.3 is 15.5 Å². The predicted octanol–water partition coefficient (Wildman–Crippen LogP) is 5.03. The van der Waals surface area contributed by atoms with E-state index in [-0.39, 0.29) is 0 Å². The van der Waals surface area contributed by atoms with E-state index in [1.165, 1.54) is 48.3 Å². The van der Waals surface area contributed by atoms with Gasteiger partial charge in [0.1, 0.15) is 0 Å². The summed E-state index contributed by atoms with van der Waals surface area (Å²) in [4.78, 5) is 2.50. The van der Waals surface area contributed by atoms with Gasteiger partial charge in [-0.3, -0.25) is 0 Å². The SMILES string of the molecule is Cc1ccc(NC(=S)NCc2ccc(N3CCC[C@H](C)C3)cc2)c(C)c1. The van der Waals surface area contributed by atoms with E-state index in [1.54, 1.807) is 0 Å². The third-order valence-electron chi connectivity index (χ3n) is 5.04. The average molecular weight is 368 g/mol. The van der Waals surface area contributed by atoms with Crippen LogP contribution in [0, 0.1) is 19.8 Å². The third-order valence-corrected chi connectivity index (χ3v) is 5.29. The number of hydrogen-bond donors (Lipinski definition) is 2. The minimum absolute atomic E-state index is 0.658. The molecule has 4 heteroatoms. The van der Waals surface area contributed by atoms with Gasteiger partial charge in [0.05, 0.1) is 0 Å². The zero-order chi connectivity index (χ0) is 18.5. The second kappa shape index (κ2) is 8.54. The highest BCUT2D eigenvalue weighted by Crippen LogP contribution is 2.23. The summed E-state index contributed by atoms with van der Waals surface area (Å²) in [5.41, 5.74) is 6.09. The molecule has 2 aromatic rings. The van der Waals surface area contributed by atoms with Gasteiger partial charge in [0.25, 0.3) is 0 Å². The molecule has 0 saturated carbocycles. The van der Waals surface area contributed by atoms with Crippen molar-refractivity contribution in [3.8, 4) is 0 Å². The Morgan fingerprint density at radius 1 is 1.15 bits per heavy atom. The maximum absolute atomic E-state index is 5.44. The molecule has 2 aromatic carbocycles. The monoisotopic (exact) mass is 367 g/mol. The van der Waals surface area contributed by atoms with Crippen molar-refractivity contribution in [2.24, 2.45) is 5.92 Å². The summed E-state index contributed by atoms with van der Waals surface area (Å²) in [6, 6.07) is 15.2. The van der Waals surface area contributed by atoms with Gasteiger partial charge >= 0.3 is 0 Å². The Balaban J connectivity index is 1.52. The van der Waals surface area contributed by atoms with Crippen LogP contribution in [-0.4, -0.2) is 18.2 Å². The van der Waals surface area contributed by atoms with Gasteiger partial charge in [0, 0.05) is 31.0 Å². The minimum atomic E-state index is 0.658. The number of nitrogens with zero attached hydrogens (tertiary/aromatic N) is 1. The Bertz CT molecular complexity index is 754. The van der Waals surface area contributed by atoms with E-state index in [9.17, 15) is 0 Å². The van der Waals surface area contributed by atoms with E-state index in [0.717, 1.165) is 18.2 Å². The van der Waals surface area contributed by atoms with E-state index in [4.69, 9.17) is 12.2 Å². The predicted molar refractivity (Wildman–Crippen MR) is 116 cm³/mol. The van der Waals surface area contributed by atoms with Crippen molar-refractivity contribution in [1.29, 1.82) is 0 Å². The number of rotatable bonds is 4. The van der Waals surface area contributed by atoms with Crippen LogP contribution in [0.25, 0.3) is 0 Å². The van der Waals surface area contributed by atoms with E-state index in [2.05, 4.69) is 78.8 Å². The number of benzene rings is 2. The highest BCUT2D eigenvalue weighted by Gasteiger charge is 2.16. The Morgan fingerprint density at radius 3 is 2.62 bits per heavy atom. The quantitative estimate of drug-likeness (QED) is 0.742. The van der Waals surface area contributed by atoms with Crippen LogP contribution in [0.5, 0.6) is 0 Å². The molecule has 3 rings (SSSR count). The molecule has 0 bridgehead atoms. The second-order valence-corrected chi connectivity index (χ2v) is 7.89. The first-order chi connectivity index (χ1) is 12.5. The normalized spacial score (nSPS) is 17.0. The zero-order valence-electron chi connectivity index (χ0n) is 16.0. The third kappa shape index (κ3) is 4.98. The highest BCUT2D eigenvalue weighted by atomic mass is 32.1. The molecule has 1 aliphatic rings. The second-order valence-electron chi connectivity index (χ2n) is 7.49. The Labute approximate surface area is 162 Å². The van der Waals surface area contributed by atoms with E-state index in [0.29, 0.717) is 5.11 Å². The molecule has 1 atom stereocenters. The van der Waals surface area contributed by atoms with Crippen LogP contribution in [-0.2, 0) is 6.54 Å². The van der Waals surface area contributed by atoms with Gasteiger partial charge in [-0.25, -0.2) is 0 Å². The number of anilines is 2. The van der Waals surface area contributed by atoms with Gasteiger partial charge in [-0.2, -0.15) is 0 Å². The first-order valence-electron chi connectivity index (χ1n) is 9.47. The maximum Gasteiger partial charge on any atom is 0.171 e. The summed E-state index contributed by atoms with van der Waals surface area (Å²) in [5, 5.41) is 7.25. The standard InChI is InChI=1S/C22H29N3S/c1-16-6-11-21(18(3)13-16)24-22(26)23-14-19-7-9-20(10-8-19)25-12-4-5-17(2)15-25/h6-11,13,17H,4-5,12,14-15H2,1-3H3,(H2,23,24,26)/t17-/m0/s1. The summed E-state index contributed by atoms with van der Waals surface area (Å²) in [6.07, 6.45) is 2.65. The lowest BCUT2D eigenvalue weighted by molar-refractivity contribution is 0.447. The van der Waals surface area contributed by atoms with Crippen LogP contribution in [0.4, 0.5) is 11.4 Å². The number of thiocarbonyl (C=S) groups is 1. The summed E-state index contributed by atoms with van der Waals surface area (Å²) in [7, 11) is 0. The van der Waals surface area contributed by atoms with Crippen molar-refractivity contribution in [3.63, 3.8) is 0 Å². The van der Waals surface area contributed by atoms with Gasteiger partial charge in [0.2, 0.25) is 0 Å². The summed E-state index contributed by atoms with van der Waals surface area (Å²) in [6.45, 7) is 9.61. The van der Waals surface area contributed by atoms with E-state index < -0.39 is 0 Å². The number of piperidine rings is 1. The zero-order valence-corrected chi connectivity index (χ0v) is 16.8. The topological polar surface area (TPSA) is 27.3 Å². The fourth-order valence-corrected chi connectivity index (χ4v) is 3.73. The fraction of sp³-hybridized carbons (Fsp3) is 0.409. The average Bonchev–Trinajstić information content (AvgIpc) is 2.63. The Kier molecular flexibility index (Phi) is 6.15. The van der Waals surface area contributed by atoms with Crippen LogP contribution < -0.4 is 15.5 Å². The number of nitrogens with one attached hydrogen (secondary N) is 2. The Morgan fingerprint density at radius 2 is 1.92 bits per heavy atom. The number of hydrogen-bond acceptors (Lipinski definition) is 2. The molecule has 26 heavy (non-hydrogen) atoms. The molecule has 0 radical (unpaired) electrons. The largest absolute Gasteiger partial charge is 0.371 e. The molecular weight excluding hydrogens is 338 g/mol. The fourth-order valence-electron chi connectivity index (χ4n) is 3.55. The van der Waals surface area contributed by atoms with Crippen LogP contribution in [0.1, 0.15) is 36.5 Å². The lowest BCUT2D eigenvalue weighted by Gasteiger charge is -2.32. The maximum atomic E-state index is 5.44. The van der Waals surface area contributed by atoms with Crippen molar-refractivity contribution in [1.82, 2.24) is 5.32 Å². The summed E-state index contributed by atoms with van der Waals surface area (Å²) in [5.74, 6) is 0.791. The molecule has 1 fully saturated rings. The van der Waals surface area contributed by atoms with Crippen molar-refractivity contribution < 1.29 is 0 Å². The Hall–Kier alpha value is -2.07. The molecule has 2 N–H and O–H groups in total. The number of aryl methyl sites for hydroxylation is 2. The van der Waals surface area contributed by atoms with Crippen LogP contribution in [0.3, 0.4) is 0 Å². The van der Waals surface area contributed by atoms with Gasteiger partial charge in [0.15, 0.2) is 5.11 Å². The lowest BCUT2D eigenvalue weighted by Crippen LogP contribution is -2.34. The highest BCUT2D eigenvalue weighted by molar-refractivity contribution is 7.80. The first-order valence-corrected chi connectivity index (χ1v) is 9.88. The van der Waals surface area contributed by atoms with Crippen LogP contribution >= 0.6 is 12.2 Å².